The second-order valence-electron chi connectivity index (χ2n) is 3.05. The molecule has 3 nitrogen and oxygen atoms in total. The van der Waals surface area contributed by atoms with Crippen molar-refractivity contribution < 1.29 is 35.4 Å². The molecule has 2 aromatic rings. The van der Waals surface area contributed by atoms with Gasteiger partial charge in [-0.1, -0.05) is 41.9 Å². The maximum absolute atomic E-state index is 11.0. The molecule has 0 spiro atoms. The number of fused-ring (bicyclic) bond motifs is 1. The maximum atomic E-state index is 11.0. The van der Waals surface area contributed by atoms with Crippen LogP contribution < -0.4 is 0 Å². The first-order valence-corrected chi connectivity index (χ1v) is 5.92. The molecule has 88 valence electrons. The van der Waals surface area contributed by atoms with Crippen molar-refractivity contribution in [3.8, 4) is 0 Å². The van der Waals surface area contributed by atoms with Gasteiger partial charge in [0.2, 0.25) is 0 Å². The molecule has 2 aromatic carbocycles. The van der Waals surface area contributed by atoms with Crippen LogP contribution in [0.3, 0.4) is 0 Å². The fraction of sp³-hybridized carbons (Fsp3) is 0. The van der Waals surface area contributed by atoms with Crippen molar-refractivity contribution in [1.82, 2.24) is 0 Å². The average Bonchev–Trinajstić information content (AvgIpc) is 2.15. The summed E-state index contributed by atoms with van der Waals surface area (Å²) >= 11 is 5.71. The molecular weight excluding hydrogens is 343 g/mol. The van der Waals surface area contributed by atoms with Crippen LogP contribution in [0.15, 0.2) is 41.3 Å². The normalized spacial score (nSPS) is 11.1. The van der Waals surface area contributed by atoms with E-state index >= 15 is 0 Å². The zero-order valence-corrected chi connectivity index (χ0v) is 10.8. The van der Waals surface area contributed by atoms with Gasteiger partial charge in [-0.2, -0.15) is 0 Å². The van der Waals surface area contributed by atoms with E-state index in [1.807, 2.05) is 0 Å². The molecule has 0 aliphatic carbocycles. The molecule has 0 unspecified atom stereocenters. The van der Waals surface area contributed by atoms with E-state index in [-0.39, 0.29) is 32.3 Å². The van der Waals surface area contributed by atoms with Gasteiger partial charge in [-0.3, -0.25) is 0 Å². The quantitative estimate of drug-likeness (QED) is 0.587. The van der Waals surface area contributed by atoms with Gasteiger partial charge in [-0.15, -0.1) is 0 Å². The Labute approximate surface area is 114 Å². The van der Waals surface area contributed by atoms with Crippen LogP contribution in [-0.2, 0) is 32.5 Å². The second-order valence-corrected chi connectivity index (χ2v) is 4.78. The fourth-order valence-electron chi connectivity index (χ4n) is 1.47. The van der Waals surface area contributed by atoms with Crippen LogP contribution in [0.4, 0.5) is 0 Å². The van der Waals surface area contributed by atoms with E-state index in [0.717, 1.165) is 0 Å². The van der Waals surface area contributed by atoms with Crippen molar-refractivity contribution >= 4 is 32.5 Å². The van der Waals surface area contributed by atoms with Gasteiger partial charge in [-0.05, 0) is 11.5 Å². The molecule has 0 aromatic heterocycles. The minimum Gasteiger partial charge on any atom is -0.744 e. The molecule has 0 heterocycles. The topological polar surface area (TPSA) is 57.2 Å². The SMILES string of the molecule is O=S(=O)([O-])c1c(Cl)ccc2ccccc12.[Ag+]. The van der Waals surface area contributed by atoms with Gasteiger partial charge >= 0.3 is 22.4 Å². The minimum absolute atomic E-state index is 0. The van der Waals surface area contributed by atoms with E-state index in [2.05, 4.69) is 0 Å². The summed E-state index contributed by atoms with van der Waals surface area (Å²) in [5, 5.41) is 1.00. The summed E-state index contributed by atoms with van der Waals surface area (Å²) in [6.07, 6.45) is 0. The van der Waals surface area contributed by atoms with E-state index in [1.54, 1.807) is 30.3 Å². The molecule has 16 heavy (non-hydrogen) atoms. The molecule has 6 heteroatoms. The van der Waals surface area contributed by atoms with Gasteiger partial charge in [-0.25, -0.2) is 8.42 Å². The van der Waals surface area contributed by atoms with E-state index in [9.17, 15) is 13.0 Å². The van der Waals surface area contributed by atoms with Crippen LogP contribution in [0.2, 0.25) is 5.02 Å². The van der Waals surface area contributed by atoms with E-state index in [1.165, 1.54) is 6.07 Å². The summed E-state index contributed by atoms with van der Waals surface area (Å²) in [4.78, 5) is -0.345. The Balaban J connectivity index is 0.00000128. The van der Waals surface area contributed by atoms with E-state index < -0.39 is 10.1 Å². The van der Waals surface area contributed by atoms with Crippen LogP contribution in [0.1, 0.15) is 0 Å². The Bertz CT molecular complexity index is 625. The van der Waals surface area contributed by atoms with Crippen molar-refractivity contribution in [2.45, 2.75) is 4.90 Å². The van der Waals surface area contributed by atoms with Crippen LogP contribution in [0, 0.1) is 0 Å². The molecule has 0 aliphatic heterocycles. The smallest absolute Gasteiger partial charge is 0.744 e. The fourth-order valence-corrected chi connectivity index (χ4v) is 2.68. The van der Waals surface area contributed by atoms with Crippen molar-refractivity contribution in [3.05, 3.63) is 41.4 Å². The molecule has 0 radical (unpaired) electrons. The Hall–Kier alpha value is -0.360. The Morgan fingerprint density at radius 3 is 2.31 bits per heavy atom. The molecular formula is C10H6AgClO3S. The van der Waals surface area contributed by atoms with Gasteiger partial charge in [0.1, 0.15) is 10.1 Å². The maximum Gasteiger partial charge on any atom is 1.00 e. The van der Waals surface area contributed by atoms with Crippen LogP contribution >= 0.6 is 11.6 Å². The number of halogens is 1. The number of hydrogen-bond acceptors (Lipinski definition) is 3. The van der Waals surface area contributed by atoms with Gasteiger partial charge in [0.05, 0.1) is 9.92 Å². The van der Waals surface area contributed by atoms with E-state index in [0.29, 0.717) is 10.8 Å². The van der Waals surface area contributed by atoms with Crippen molar-refractivity contribution in [2.75, 3.05) is 0 Å². The first-order chi connectivity index (χ1) is 7.00. The summed E-state index contributed by atoms with van der Waals surface area (Å²) in [7, 11) is -4.54. The van der Waals surface area contributed by atoms with Gasteiger partial charge in [0.15, 0.2) is 0 Å². The zero-order chi connectivity index (χ0) is 11.1. The molecule has 0 saturated heterocycles. The molecule has 0 N–H and O–H groups in total. The van der Waals surface area contributed by atoms with Gasteiger partial charge in [0.25, 0.3) is 0 Å². The summed E-state index contributed by atoms with van der Waals surface area (Å²) in [6, 6.07) is 9.79. The molecule has 0 amide bonds. The predicted octanol–water partition coefficient (Wildman–Crippen LogP) is 2.39. The largest absolute Gasteiger partial charge is 1.00 e. The molecule has 0 atom stereocenters. The standard InChI is InChI=1S/C10H7ClO3S.Ag/c11-9-6-5-7-3-1-2-4-8(7)10(9)15(12,13)14;/h1-6H,(H,12,13,14);/q;+1/p-1. The minimum atomic E-state index is -4.54. The zero-order valence-electron chi connectivity index (χ0n) is 7.78. The summed E-state index contributed by atoms with van der Waals surface area (Å²) in [6.45, 7) is 0. The average molecular weight is 350 g/mol. The van der Waals surface area contributed by atoms with Crippen molar-refractivity contribution in [3.63, 3.8) is 0 Å². The monoisotopic (exact) mass is 348 g/mol. The van der Waals surface area contributed by atoms with Crippen LogP contribution in [0.25, 0.3) is 10.8 Å². The molecule has 0 saturated carbocycles. The first-order valence-electron chi connectivity index (χ1n) is 4.13. The second kappa shape index (κ2) is 4.87. The third-order valence-corrected chi connectivity index (χ3v) is 3.45. The first kappa shape index (κ1) is 13.7. The van der Waals surface area contributed by atoms with Crippen molar-refractivity contribution in [2.24, 2.45) is 0 Å². The van der Waals surface area contributed by atoms with Crippen molar-refractivity contribution in [1.29, 1.82) is 0 Å². The summed E-state index contributed by atoms with van der Waals surface area (Å²) < 4.78 is 33.1. The Morgan fingerprint density at radius 1 is 1.06 bits per heavy atom. The number of benzene rings is 2. The predicted molar refractivity (Wildman–Crippen MR) is 56.9 cm³/mol. The molecule has 0 bridgehead atoms. The molecule has 2 rings (SSSR count). The Morgan fingerprint density at radius 2 is 1.69 bits per heavy atom. The van der Waals surface area contributed by atoms with Crippen LogP contribution in [-0.4, -0.2) is 13.0 Å². The Kier molecular flexibility index (Phi) is 4.17. The van der Waals surface area contributed by atoms with Crippen LogP contribution in [0.5, 0.6) is 0 Å². The molecule has 0 fully saturated rings. The molecule has 0 aliphatic rings. The summed E-state index contributed by atoms with van der Waals surface area (Å²) in [5.74, 6) is 0. The summed E-state index contributed by atoms with van der Waals surface area (Å²) in [5.41, 5.74) is 0. The number of hydrogen-bond donors (Lipinski definition) is 0. The third-order valence-electron chi connectivity index (χ3n) is 2.08. The van der Waals surface area contributed by atoms with Gasteiger partial charge in [0, 0.05) is 5.39 Å². The van der Waals surface area contributed by atoms with Gasteiger partial charge < -0.3 is 4.55 Å². The van der Waals surface area contributed by atoms with E-state index in [4.69, 9.17) is 11.6 Å². The third kappa shape index (κ3) is 2.48. The number of rotatable bonds is 1.